The lowest BCUT2D eigenvalue weighted by Gasteiger charge is -2.16. The zero-order valence-corrected chi connectivity index (χ0v) is 14.6. The molecule has 1 heterocycles. The molecule has 0 fully saturated rings. The highest BCUT2D eigenvalue weighted by Crippen LogP contribution is 2.18. The number of aromatic nitrogens is 2. The smallest absolute Gasteiger partial charge is 0.135 e. The van der Waals surface area contributed by atoms with Crippen LogP contribution in [0.1, 0.15) is 52.3 Å². The van der Waals surface area contributed by atoms with Gasteiger partial charge in [-0.15, -0.1) is 0 Å². The number of rotatable bonds is 9. The highest BCUT2D eigenvalue weighted by atomic mass is 32.2. The minimum atomic E-state index is -0.750. The lowest BCUT2D eigenvalue weighted by Crippen LogP contribution is -2.19. The molecule has 2 N–H and O–H groups in total. The predicted octanol–water partition coefficient (Wildman–Crippen LogP) is 2.99. The van der Waals surface area contributed by atoms with Gasteiger partial charge in [-0.1, -0.05) is 20.8 Å². The molecule has 5 nitrogen and oxygen atoms in total. The first-order valence-corrected chi connectivity index (χ1v) is 9.34. The predicted molar refractivity (Wildman–Crippen MR) is 91.5 cm³/mol. The Labute approximate surface area is 130 Å². The van der Waals surface area contributed by atoms with Crippen LogP contribution in [-0.4, -0.2) is 38.8 Å². The number of hydrogen-bond donors (Lipinski definition) is 2. The molecule has 21 heavy (non-hydrogen) atoms. The number of anilines is 2. The number of nitrogens with zero attached hydrogens (tertiary/aromatic N) is 2. The third kappa shape index (κ3) is 6.89. The molecule has 0 radical (unpaired) electrons. The normalized spacial score (nSPS) is 14.0. The van der Waals surface area contributed by atoms with Gasteiger partial charge in [0, 0.05) is 47.4 Å². The van der Waals surface area contributed by atoms with Crippen LogP contribution in [-0.2, 0) is 10.8 Å². The summed E-state index contributed by atoms with van der Waals surface area (Å²) in [6.45, 7) is 9.30. The van der Waals surface area contributed by atoms with E-state index in [0.29, 0.717) is 5.75 Å². The van der Waals surface area contributed by atoms with Gasteiger partial charge in [-0.05, 0) is 19.8 Å². The molecule has 6 heteroatoms. The van der Waals surface area contributed by atoms with Gasteiger partial charge < -0.3 is 10.6 Å². The standard InChI is InChI=1S/C15H28N4OS/c1-6-8-16-13-10-14(19-15(18-13)11(2)3)17-12(4)7-9-21(5)20/h10-12H,6-9H2,1-5H3,(H2,16,17,18,19). The molecule has 0 aliphatic rings. The zero-order valence-electron chi connectivity index (χ0n) is 13.8. The summed E-state index contributed by atoms with van der Waals surface area (Å²) in [5.74, 6) is 3.53. The molecule has 0 spiro atoms. The molecular formula is C15H28N4OS. The Balaban J connectivity index is 2.79. The largest absolute Gasteiger partial charge is 0.370 e. The summed E-state index contributed by atoms with van der Waals surface area (Å²) in [5.41, 5.74) is 0. The molecule has 0 saturated heterocycles. The lowest BCUT2D eigenvalue weighted by atomic mass is 10.2. The Bertz CT molecular complexity index is 465. The van der Waals surface area contributed by atoms with Crippen LogP contribution < -0.4 is 10.6 Å². The lowest BCUT2D eigenvalue weighted by molar-refractivity contribution is 0.678. The van der Waals surface area contributed by atoms with Crippen molar-refractivity contribution in [1.82, 2.24) is 9.97 Å². The Morgan fingerprint density at radius 1 is 1.24 bits per heavy atom. The van der Waals surface area contributed by atoms with Crippen LogP contribution in [0.3, 0.4) is 0 Å². The van der Waals surface area contributed by atoms with Crippen LogP contribution in [0.4, 0.5) is 11.6 Å². The van der Waals surface area contributed by atoms with Gasteiger partial charge in [-0.2, -0.15) is 0 Å². The molecule has 1 aromatic rings. The van der Waals surface area contributed by atoms with Crippen molar-refractivity contribution in [3.63, 3.8) is 0 Å². The summed E-state index contributed by atoms with van der Waals surface area (Å²) >= 11 is 0. The van der Waals surface area contributed by atoms with E-state index in [9.17, 15) is 4.21 Å². The van der Waals surface area contributed by atoms with Gasteiger partial charge in [-0.3, -0.25) is 4.21 Å². The summed E-state index contributed by atoms with van der Waals surface area (Å²) in [6, 6.07) is 2.18. The van der Waals surface area contributed by atoms with Gasteiger partial charge in [0.25, 0.3) is 0 Å². The molecule has 2 atom stereocenters. The van der Waals surface area contributed by atoms with E-state index in [1.54, 1.807) is 6.26 Å². The first-order valence-electron chi connectivity index (χ1n) is 7.61. The van der Waals surface area contributed by atoms with E-state index in [-0.39, 0.29) is 12.0 Å². The van der Waals surface area contributed by atoms with Crippen molar-refractivity contribution in [2.75, 3.05) is 29.2 Å². The molecule has 0 aliphatic heterocycles. The first-order chi connectivity index (χ1) is 9.92. The highest BCUT2D eigenvalue weighted by Gasteiger charge is 2.10. The maximum Gasteiger partial charge on any atom is 0.135 e. The third-order valence-electron chi connectivity index (χ3n) is 3.05. The molecule has 0 saturated carbocycles. The average molecular weight is 312 g/mol. The fraction of sp³-hybridized carbons (Fsp3) is 0.733. The summed E-state index contributed by atoms with van der Waals surface area (Å²) in [4.78, 5) is 9.11. The average Bonchev–Trinajstić information content (AvgIpc) is 2.42. The van der Waals surface area contributed by atoms with Crippen molar-refractivity contribution in [3.05, 3.63) is 11.9 Å². The summed E-state index contributed by atoms with van der Waals surface area (Å²) in [7, 11) is -0.750. The molecule has 1 aromatic heterocycles. The monoisotopic (exact) mass is 312 g/mol. The van der Waals surface area contributed by atoms with Crippen LogP contribution in [0.15, 0.2) is 6.07 Å². The van der Waals surface area contributed by atoms with Crippen molar-refractivity contribution in [3.8, 4) is 0 Å². The van der Waals surface area contributed by atoms with E-state index in [1.165, 1.54) is 0 Å². The highest BCUT2D eigenvalue weighted by molar-refractivity contribution is 7.84. The van der Waals surface area contributed by atoms with Crippen LogP contribution >= 0.6 is 0 Å². The minimum absolute atomic E-state index is 0.239. The Hall–Kier alpha value is -1.17. The van der Waals surface area contributed by atoms with Gasteiger partial charge in [0.2, 0.25) is 0 Å². The van der Waals surface area contributed by atoms with Crippen LogP contribution in [0.2, 0.25) is 0 Å². The molecule has 0 amide bonds. The van der Waals surface area contributed by atoms with E-state index < -0.39 is 10.8 Å². The van der Waals surface area contributed by atoms with Crippen molar-refractivity contribution in [2.45, 2.75) is 52.5 Å². The van der Waals surface area contributed by atoms with Crippen LogP contribution in [0.5, 0.6) is 0 Å². The molecule has 0 aromatic carbocycles. The number of hydrogen-bond acceptors (Lipinski definition) is 5. The first kappa shape index (κ1) is 17.9. The van der Waals surface area contributed by atoms with Gasteiger partial charge >= 0.3 is 0 Å². The number of nitrogens with one attached hydrogen (secondary N) is 2. The second-order valence-electron chi connectivity index (χ2n) is 5.69. The van der Waals surface area contributed by atoms with E-state index in [2.05, 4.69) is 48.3 Å². The van der Waals surface area contributed by atoms with E-state index in [0.717, 1.165) is 36.8 Å². The van der Waals surface area contributed by atoms with Crippen LogP contribution in [0, 0.1) is 0 Å². The van der Waals surface area contributed by atoms with Gasteiger partial charge in [-0.25, -0.2) is 9.97 Å². The van der Waals surface area contributed by atoms with Crippen LogP contribution in [0.25, 0.3) is 0 Å². The van der Waals surface area contributed by atoms with Gasteiger partial charge in [0.1, 0.15) is 17.5 Å². The van der Waals surface area contributed by atoms with Crippen molar-refractivity contribution >= 4 is 22.4 Å². The third-order valence-corrected chi connectivity index (χ3v) is 3.86. The maximum atomic E-state index is 11.2. The van der Waals surface area contributed by atoms with Crippen molar-refractivity contribution < 1.29 is 4.21 Å². The van der Waals surface area contributed by atoms with E-state index >= 15 is 0 Å². The maximum absolute atomic E-state index is 11.2. The molecule has 2 unspecified atom stereocenters. The molecule has 0 bridgehead atoms. The summed E-state index contributed by atoms with van der Waals surface area (Å²) in [5, 5.41) is 6.70. The minimum Gasteiger partial charge on any atom is -0.370 e. The molecular weight excluding hydrogens is 284 g/mol. The van der Waals surface area contributed by atoms with Crippen molar-refractivity contribution in [1.29, 1.82) is 0 Å². The quantitative estimate of drug-likeness (QED) is 0.734. The Morgan fingerprint density at radius 3 is 2.48 bits per heavy atom. The summed E-state index contributed by atoms with van der Waals surface area (Å²) in [6.07, 6.45) is 3.66. The van der Waals surface area contributed by atoms with Gasteiger partial charge in [0.05, 0.1) is 0 Å². The molecule has 1 rings (SSSR count). The second kappa shape index (κ2) is 8.97. The zero-order chi connectivity index (χ0) is 15.8. The molecule has 0 aliphatic carbocycles. The Kier molecular flexibility index (Phi) is 7.64. The SMILES string of the molecule is CCCNc1cc(NC(C)CCS(C)=O)nc(C(C)C)n1. The Morgan fingerprint density at radius 2 is 1.90 bits per heavy atom. The second-order valence-corrected chi connectivity index (χ2v) is 7.24. The fourth-order valence-electron chi connectivity index (χ4n) is 1.81. The summed E-state index contributed by atoms with van der Waals surface area (Å²) < 4.78 is 11.2. The van der Waals surface area contributed by atoms with E-state index in [1.807, 2.05) is 6.07 Å². The topological polar surface area (TPSA) is 66.9 Å². The fourth-order valence-corrected chi connectivity index (χ4v) is 2.49. The van der Waals surface area contributed by atoms with Crippen molar-refractivity contribution in [2.24, 2.45) is 0 Å². The van der Waals surface area contributed by atoms with E-state index in [4.69, 9.17) is 0 Å². The van der Waals surface area contributed by atoms with Gasteiger partial charge in [0.15, 0.2) is 0 Å². The molecule has 120 valence electrons.